The first-order chi connectivity index (χ1) is 12.1. The second kappa shape index (κ2) is 11.2. The van der Waals surface area contributed by atoms with Gasteiger partial charge in [-0.05, 0) is 32.3 Å². The maximum absolute atomic E-state index is 12.6. The summed E-state index contributed by atoms with van der Waals surface area (Å²) in [5, 5.41) is 10.3. The molecule has 3 N–H and O–H groups in total. The van der Waals surface area contributed by atoms with Crippen molar-refractivity contribution in [1.29, 1.82) is 0 Å². The maximum Gasteiger partial charge on any atom is 0.239 e. The molecule has 1 aliphatic heterocycles. The summed E-state index contributed by atoms with van der Waals surface area (Å²) in [6.45, 7) is 6.24. The monoisotopic (exact) mass is 417 g/mol. The van der Waals surface area contributed by atoms with E-state index in [1.807, 2.05) is 13.0 Å². The lowest BCUT2D eigenvalue weighted by molar-refractivity contribution is -0.129. The first-order valence-electron chi connectivity index (χ1n) is 9.55. The Morgan fingerprint density at radius 2 is 1.93 bits per heavy atom. The van der Waals surface area contributed by atoms with Crippen LogP contribution in [0.2, 0.25) is 0 Å². The second-order valence-corrected chi connectivity index (χ2v) is 7.49. The quantitative estimate of drug-likeness (QED) is 0.665. The molecule has 3 atom stereocenters. The number of ether oxygens (including phenoxy) is 1. The van der Waals surface area contributed by atoms with E-state index >= 15 is 0 Å². The zero-order chi connectivity index (χ0) is 17.7. The smallest absolute Gasteiger partial charge is 0.239 e. The van der Waals surface area contributed by atoms with Crippen molar-refractivity contribution in [3.05, 3.63) is 35.9 Å². The number of amides is 1. The van der Waals surface area contributed by atoms with Gasteiger partial charge in [-0.2, -0.15) is 0 Å². The summed E-state index contributed by atoms with van der Waals surface area (Å²) < 4.78 is 5.59. The molecule has 154 valence electrons. The van der Waals surface area contributed by atoms with E-state index in [0.717, 1.165) is 19.4 Å². The number of rotatable bonds is 6. The van der Waals surface area contributed by atoms with Crippen molar-refractivity contribution in [2.75, 3.05) is 19.7 Å². The molecule has 1 aliphatic carbocycles. The Morgan fingerprint density at radius 3 is 2.56 bits per heavy atom. The molecule has 1 amide bonds. The van der Waals surface area contributed by atoms with Crippen LogP contribution in [0.15, 0.2) is 30.3 Å². The van der Waals surface area contributed by atoms with E-state index in [4.69, 9.17) is 4.74 Å². The third kappa shape index (κ3) is 6.33. The highest BCUT2D eigenvalue weighted by Gasteiger charge is 2.36. The zero-order valence-electron chi connectivity index (χ0n) is 16.2. The van der Waals surface area contributed by atoms with Crippen molar-refractivity contribution in [2.24, 2.45) is 0 Å². The van der Waals surface area contributed by atoms with Crippen LogP contribution in [0, 0.1) is 0 Å². The molecule has 0 bridgehead atoms. The van der Waals surface area contributed by atoms with Gasteiger partial charge in [-0.25, -0.2) is 0 Å². The van der Waals surface area contributed by atoms with Crippen LogP contribution in [-0.2, 0) is 9.53 Å². The Hall–Kier alpha value is -0.850. The van der Waals surface area contributed by atoms with Crippen LogP contribution < -0.4 is 16.0 Å². The summed E-state index contributed by atoms with van der Waals surface area (Å²) in [7, 11) is 0. The van der Waals surface area contributed by atoms with E-state index in [9.17, 15) is 4.79 Å². The third-order valence-electron chi connectivity index (χ3n) is 5.58. The fourth-order valence-corrected chi connectivity index (χ4v) is 4.10. The fourth-order valence-electron chi connectivity index (χ4n) is 4.10. The van der Waals surface area contributed by atoms with Gasteiger partial charge >= 0.3 is 0 Å². The summed E-state index contributed by atoms with van der Waals surface area (Å²) >= 11 is 0. The molecule has 1 saturated carbocycles. The molecule has 7 heteroatoms. The highest BCUT2D eigenvalue weighted by molar-refractivity contribution is 5.85. The van der Waals surface area contributed by atoms with Crippen molar-refractivity contribution in [1.82, 2.24) is 16.0 Å². The summed E-state index contributed by atoms with van der Waals surface area (Å²) in [5.41, 5.74) is 1.28. The minimum Gasteiger partial charge on any atom is -0.375 e. The Bertz CT molecular complexity index is 568. The van der Waals surface area contributed by atoms with E-state index in [-0.39, 0.29) is 54.4 Å². The lowest BCUT2D eigenvalue weighted by atomic mass is 9.94. The number of hydrogen-bond donors (Lipinski definition) is 3. The zero-order valence-corrected chi connectivity index (χ0v) is 17.8. The third-order valence-corrected chi connectivity index (χ3v) is 5.58. The van der Waals surface area contributed by atoms with Crippen molar-refractivity contribution in [2.45, 2.75) is 63.3 Å². The molecule has 2 aliphatic rings. The molecule has 1 saturated heterocycles. The largest absolute Gasteiger partial charge is 0.375 e. The number of carbonyl (C=O) groups is 1. The first kappa shape index (κ1) is 24.2. The summed E-state index contributed by atoms with van der Waals surface area (Å²) in [6.07, 6.45) is 4.56. The number of halogens is 2. The van der Waals surface area contributed by atoms with Gasteiger partial charge in [0.1, 0.15) is 6.04 Å². The molecule has 1 unspecified atom stereocenters. The Kier molecular flexibility index (Phi) is 10.1. The topological polar surface area (TPSA) is 62.4 Å². The minimum absolute atomic E-state index is 0. The van der Waals surface area contributed by atoms with Gasteiger partial charge in [0.25, 0.3) is 0 Å². The van der Waals surface area contributed by atoms with Crippen LogP contribution >= 0.6 is 24.8 Å². The molecule has 2 fully saturated rings. The molecule has 0 spiro atoms. The molecule has 0 radical (unpaired) electrons. The van der Waals surface area contributed by atoms with Gasteiger partial charge in [0, 0.05) is 24.7 Å². The standard InChI is InChI=1S/C20H31N3O2.2ClH/c1-15(17-8-4-3-5-9-17)23-20(10-6-7-11-20)14-22-19(24)18-16(2)25-13-12-21-18;;/h3-5,8-9,15-16,18,21,23H,6-7,10-14H2,1-2H3,(H,22,24);2*1H/t15?,16-,18+;;/m1../s1. The molecule has 1 aromatic carbocycles. The van der Waals surface area contributed by atoms with Gasteiger partial charge in [-0.1, -0.05) is 43.2 Å². The minimum atomic E-state index is -0.251. The van der Waals surface area contributed by atoms with Crippen molar-refractivity contribution < 1.29 is 9.53 Å². The number of hydrogen-bond acceptors (Lipinski definition) is 4. The predicted molar refractivity (Wildman–Crippen MR) is 114 cm³/mol. The molecule has 3 rings (SSSR count). The van der Waals surface area contributed by atoms with E-state index < -0.39 is 0 Å². The van der Waals surface area contributed by atoms with Gasteiger partial charge < -0.3 is 20.7 Å². The SMILES string of the molecule is CC(NC1(CNC(=O)[C@H]2NCCO[C@@H]2C)CCCC1)c1ccccc1.Cl.Cl. The number of benzene rings is 1. The molecule has 5 nitrogen and oxygen atoms in total. The summed E-state index contributed by atoms with van der Waals surface area (Å²) in [5.74, 6) is 0.0487. The summed E-state index contributed by atoms with van der Waals surface area (Å²) in [6, 6.07) is 10.5. The van der Waals surface area contributed by atoms with Gasteiger partial charge in [-0.3, -0.25) is 4.79 Å². The van der Waals surface area contributed by atoms with Crippen LogP contribution in [-0.4, -0.2) is 43.3 Å². The van der Waals surface area contributed by atoms with Crippen LogP contribution in [0.3, 0.4) is 0 Å². The van der Waals surface area contributed by atoms with Crippen molar-refractivity contribution in [3.8, 4) is 0 Å². The normalized spacial score (nSPS) is 25.0. The Labute approximate surface area is 175 Å². The number of carbonyl (C=O) groups excluding carboxylic acids is 1. The molecular formula is C20H33Cl2N3O2. The van der Waals surface area contributed by atoms with Crippen LogP contribution in [0.25, 0.3) is 0 Å². The Morgan fingerprint density at radius 1 is 1.26 bits per heavy atom. The lowest BCUT2D eigenvalue weighted by Crippen LogP contribution is -2.59. The van der Waals surface area contributed by atoms with E-state index in [1.54, 1.807) is 0 Å². The van der Waals surface area contributed by atoms with Crippen LogP contribution in [0.5, 0.6) is 0 Å². The van der Waals surface area contributed by atoms with Crippen molar-refractivity contribution >= 4 is 30.7 Å². The molecule has 0 aromatic heterocycles. The molecular weight excluding hydrogens is 385 g/mol. The van der Waals surface area contributed by atoms with E-state index in [2.05, 4.69) is 47.1 Å². The van der Waals surface area contributed by atoms with Gasteiger partial charge in [0.2, 0.25) is 5.91 Å². The number of morpholine rings is 1. The average molecular weight is 418 g/mol. The molecule has 1 aromatic rings. The van der Waals surface area contributed by atoms with Gasteiger partial charge in [0.15, 0.2) is 0 Å². The highest BCUT2D eigenvalue weighted by Crippen LogP contribution is 2.32. The lowest BCUT2D eigenvalue weighted by Gasteiger charge is -2.36. The van der Waals surface area contributed by atoms with E-state index in [0.29, 0.717) is 13.2 Å². The first-order valence-corrected chi connectivity index (χ1v) is 9.55. The fraction of sp³-hybridized carbons (Fsp3) is 0.650. The van der Waals surface area contributed by atoms with Gasteiger partial charge in [0.05, 0.1) is 12.7 Å². The second-order valence-electron chi connectivity index (χ2n) is 7.49. The van der Waals surface area contributed by atoms with Crippen LogP contribution in [0.1, 0.15) is 51.1 Å². The van der Waals surface area contributed by atoms with Crippen molar-refractivity contribution in [3.63, 3.8) is 0 Å². The maximum atomic E-state index is 12.6. The summed E-state index contributed by atoms with van der Waals surface area (Å²) in [4.78, 5) is 12.6. The molecule has 27 heavy (non-hydrogen) atoms. The average Bonchev–Trinajstić information content (AvgIpc) is 3.09. The van der Waals surface area contributed by atoms with Crippen LogP contribution in [0.4, 0.5) is 0 Å². The predicted octanol–water partition coefficient (Wildman–Crippen LogP) is 2.99. The molecule has 1 heterocycles. The van der Waals surface area contributed by atoms with Gasteiger partial charge in [-0.15, -0.1) is 24.8 Å². The van der Waals surface area contributed by atoms with E-state index in [1.165, 1.54) is 18.4 Å². The number of nitrogens with one attached hydrogen (secondary N) is 3. The highest BCUT2D eigenvalue weighted by atomic mass is 35.5. The Balaban J connectivity index is 0.00000182.